The summed E-state index contributed by atoms with van der Waals surface area (Å²) in [5, 5.41) is 7.09. The number of hydrogen-bond donors (Lipinski definition) is 1. The highest BCUT2D eigenvalue weighted by Crippen LogP contribution is 2.40. The lowest BCUT2D eigenvalue weighted by molar-refractivity contribution is -0.127. The van der Waals surface area contributed by atoms with Crippen molar-refractivity contribution in [1.29, 1.82) is 0 Å². The zero-order valence-electron chi connectivity index (χ0n) is 20.2. The second-order valence-electron chi connectivity index (χ2n) is 7.78. The van der Waals surface area contributed by atoms with Crippen molar-refractivity contribution in [3.8, 4) is 28.6 Å². The van der Waals surface area contributed by atoms with Gasteiger partial charge in [-0.2, -0.15) is 4.98 Å². The number of carbonyl (C=O) groups excluding carboxylic acids is 1. The Bertz CT molecular complexity index is 1040. The summed E-state index contributed by atoms with van der Waals surface area (Å²) < 4.78 is 27.3. The van der Waals surface area contributed by atoms with E-state index in [1.807, 2.05) is 44.2 Å². The summed E-state index contributed by atoms with van der Waals surface area (Å²) in [4.78, 5) is 17.1. The average Bonchev–Trinajstić information content (AvgIpc) is 3.36. The number of amides is 1. The van der Waals surface area contributed by atoms with Crippen molar-refractivity contribution in [1.82, 2.24) is 15.5 Å². The van der Waals surface area contributed by atoms with Crippen molar-refractivity contribution in [3.63, 3.8) is 0 Å². The first kappa shape index (κ1) is 25.0. The Labute approximate surface area is 199 Å². The minimum Gasteiger partial charge on any atom is -0.493 e. The Morgan fingerprint density at radius 3 is 2.32 bits per heavy atom. The number of nitrogens with zero attached hydrogens (tertiary/aromatic N) is 2. The van der Waals surface area contributed by atoms with E-state index in [2.05, 4.69) is 15.5 Å². The van der Waals surface area contributed by atoms with Crippen molar-refractivity contribution < 1.29 is 28.3 Å². The quantitative estimate of drug-likeness (QED) is 0.421. The van der Waals surface area contributed by atoms with Crippen LogP contribution >= 0.6 is 0 Å². The van der Waals surface area contributed by atoms with Gasteiger partial charge < -0.3 is 28.8 Å². The first-order chi connectivity index (χ1) is 16.5. The molecule has 3 rings (SSSR count). The van der Waals surface area contributed by atoms with E-state index >= 15 is 0 Å². The van der Waals surface area contributed by atoms with E-state index in [0.717, 1.165) is 12.0 Å². The Kier molecular flexibility index (Phi) is 8.86. The van der Waals surface area contributed by atoms with E-state index < -0.39 is 6.04 Å². The van der Waals surface area contributed by atoms with Gasteiger partial charge >= 0.3 is 0 Å². The molecule has 0 spiro atoms. The van der Waals surface area contributed by atoms with Crippen LogP contribution in [0.4, 0.5) is 0 Å². The molecule has 0 aliphatic carbocycles. The van der Waals surface area contributed by atoms with Crippen LogP contribution in [0, 0.1) is 5.92 Å². The summed E-state index contributed by atoms with van der Waals surface area (Å²) in [5.74, 6) is 1.89. The molecule has 1 amide bonds. The second-order valence-corrected chi connectivity index (χ2v) is 7.78. The van der Waals surface area contributed by atoms with Crippen molar-refractivity contribution >= 4 is 5.91 Å². The molecule has 1 heterocycles. The van der Waals surface area contributed by atoms with Gasteiger partial charge in [0.25, 0.3) is 0 Å². The molecule has 9 heteroatoms. The molecule has 0 fully saturated rings. The summed E-state index contributed by atoms with van der Waals surface area (Å²) in [6.07, 6.45) is 0.803. The zero-order chi connectivity index (χ0) is 24.5. The highest BCUT2D eigenvalue weighted by Gasteiger charge is 2.27. The number of hydrogen-bond acceptors (Lipinski definition) is 8. The molecule has 3 aromatic rings. The van der Waals surface area contributed by atoms with Crippen LogP contribution in [-0.2, 0) is 16.1 Å². The summed E-state index contributed by atoms with van der Waals surface area (Å²) in [7, 11) is 4.61. The fraction of sp³-hybridized carbons (Fsp3) is 0.400. The molecule has 182 valence electrons. The number of nitrogens with one attached hydrogen (secondary N) is 1. The normalized spacial score (nSPS) is 12.6. The molecule has 0 saturated carbocycles. The van der Waals surface area contributed by atoms with Gasteiger partial charge in [0.2, 0.25) is 23.4 Å². The van der Waals surface area contributed by atoms with Gasteiger partial charge in [0, 0.05) is 5.56 Å². The van der Waals surface area contributed by atoms with Crippen LogP contribution in [0.1, 0.15) is 37.8 Å². The van der Waals surface area contributed by atoms with Crippen LogP contribution in [0.25, 0.3) is 11.4 Å². The van der Waals surface area contributed by atoms with Crippen molar-refractivity contribution in [3.05, 3.63) is 53.9 Å². The molecule has 9 nitrogen and oxygen atoms in total. The third-order valence-electron chi connectivity index (χ3n) is 5.50. The summed E-state index contributed by atoms with van der Waals surface area (Å²) in [6, 6.07) is 12.7. The maximum atomic E-state index is 12.6. The third-order valence-corrected chi connectivity index (χ3v) is 5.50. The molecule has 0 aliphatic rings. The lowest BCUT2D eigenvalue weighted by atomic mass is 9.99. The maximum absolute atomic E-state index is 12.6. The van der Waals surface area contributed by atoms with Gasteiger partial charge in [-0.15, -0.1) is 0 Å². The summed E-state index contributed by atoms with van der Waals surface area (Å²) in [5.41, 5.74) is 1.63. The monoisotopic (exact) mass is 469 g/mol. The topological polar surface area (TPSA) is 105 Å². The first-order valence-electron chi connectivity index (χ1n) is 11.1. The van der Waals surface area contributed by atoms with Crippen molar-refractivity contribution in [2.24, 2.45) is 5.92 Å². The Hall–Kier alpha value is -3.59. The minimum absolute atomic E-state index is 0.0614. The van der Waals surface area contributed by atoms with Gasteiger partial charge in [-0.05, 0) is 23.6 Å². The third kappa shape index (κ3) is 6.05. The van der Waals surface area contributed by atoms with Gasteiger partial charge in [-0.25, -0.2) is 0 Å². The second kappa shape index (κ2) is 12.0. The number of benzene rings is 2. The molecule has 0 bridgehead atoms. The van der Waals surface area contributed by atoms with Crippen LogP contribution < -0.4 is 19.5 Å². The van der Waals surface area contributed by atoms with E-state index in [1.54, 1.807) is 12.1 Å². The van der Waals surface area contributed by atoms with E-state index in [0.29, 0.717) is 41.1 Å². The largest absolute Gasteiger partial charge is 0.493 e. The standard InChI is InChI=1S/C25H31N3O6/c1-6-16(2)22(26-21(29)15-33-14-17-10-8-7-9-11-17)25-27-24(28-34-25)18-12-19(30-3)23(32-5)20(13-18)31-4/h7-13,16,22H,6,14-15H2,1-5H3,(H,26,29)/t16-,22+/m0/s1. The van der Waals surface area contributed by atoms with Crippen molar-refractivity contribution in [2.75, 3.05) is 27.9 Å². The van der Waals surface area contributed by atoms with E-state index in [-0.39, 0.29) is 18.4 Å². The van der Waals surface area contributed by atoms with Crippen LogP contribution in [0.5, 0.6) is 17.2 Å². The van der Waals surface area contributed by atoms with Crippen LogP contribution in [-0.4, -0.2) is 44.0 Å². The average molecular weight is 470 g/mol. The summed E-state index contributed by atoms with van der Waals surface area (Å²) in [6.45, 7) is 4.33. The van der Waals surface area contributed by atoms with Crippen LogP contribution in [0.3, 0.4) is 0 Å². The lowest BCUT2D eigenvalue weighted by Crippen LogP contribution is -2.35. The van der Waals surface area contributed by atoms with Gasteiger partial charge in [0.15, 0.2) is 11.5 Å². The maximum Gasteiger partial charge on any atom is 0.249 e. The predicted molar refractivity (Wildman–Crippen MR) is 126 cm³/mol. The van der Waals surface area contributed by atoms with Gasteiger partial charge in [0.1, 0.15) is 12.6 Å². The molecule has 0 aliphatic heterocycles. The van der Waals surface area contributed by atoms with E-state index in [4.69, 9.17) is 23.5 Å². The Morgan fingerprint density at radius 2 is 1.74 bits per heavy atom. The SMILES string of the molecule is CC[C@H](C)[C@@H](NC(=O)COCc1ccccc1)c1nc(-c2cc(OC)c(OC)c(OC)c2)no1. The molecular formula is C25H31N3O6. The Morgan fingerprint density at radius 1 is 1.06 bits per heavy atom. The number of ether oxygens (including phenoxy) is 4. The number of methoxy groups -OCH3 is 3. The highest BCUT2D eigenvalue weighted by atomic mass is 16.5. The van der Waals surface area contributed by atoms with Gasteiger partial charge in [-0.1, -0.05) is 55.8 Å². The minimum atomic E-state index is -0.457. The fourth-order valence-corrected chi connectivity index (χ4v) is 3.42. The molecule has 1 aromatic heterocycles. The van der Waals surface area contributed by atoms with E-state index in [9.17, 15) is 4.79 Å². The predicted octanol–water partition coefficient (Wildman–Crippen LogP) is 4.18. The number of aromatic nitrogens is 2. The molecule has 0 unspecified atom stereocenters. The highest BCUT2D eigenvalue weighted by molar-refractivity contribution is 5.77. The molecule has 1 N–H and O–H groups in total. The fourth-order valence-electron chi connectivity index (χ4n) is 3.42. The smallest absolute Gasteiger partial charge is 0.249 e. The molecule has 34 heavy (non-hydrogen) atoms. The molecule has 0 radical (unpaired) electrons. The van der Waals surface area contributed by atoms with Gasteiger partial charge in [-0.3, -0.25) is 4.79 Å². The van der Waals surface area contributed by atoms with E-state index in [1.165, 1.54) is 21.3 Å². The molecular weight excluding hydrogens is 438 g/mol. The number of carbonyl (C=O) groups is 1. The lowest BCUT2D eigenvalue weighted by Gasteiger charge is -2.20. The molecule has 2 atom stereocenters. The first-order valence-corrected chi connectivity index (χ1v) is 11.1. The molecule has 2 aromatic carbocycles. The Balaban J connectivity index is 1.75. The van der Waals surface area contributed by atoms with Crippen LogP contribution in [0.2, 0.25) is 0 Å². The number of rotatable bonds is 12. The van der Waals surface area contributed by atoms with Gasteiger partial charge in [0.05, 0.1) is 27.9 Å². The zero-order valence-corrected chi connectivity index (χ0v) is 20.2. The van der Waals surface area contributed by atoms with Crippen LogP contribution in [0.15, 0.2) is 47.0 Å². The summed E-state index contributed by atoms with van der Waals surface area (Å²) >= 11 is 0. The molecule has 0 saturated heterocycles. The van der Waals surface area contributed by atoms with Crippen molar-refractivity contribution in [2.45, 2.75) is 32.9 Å².